The van der Waals surface area contributed by atoms with Crippen LogP contribution in [0.25, 0.3) is 16.2 Å². The molecule has 20 heavy (non-hydrogen) atoms. The number of ether oxygens (including phenoxy) is 2. The molecule has 0 saturated heterocycles. The normalized spacial score (nSPS) is 10.7. The summed E-state index contributed by atoms with van der Waals surface area (Å²) in [6.07, 6.45) is 3.59. The fourth-order valence-corrected chi connectivity index (χ4v) is 2.86. The van der Waals surface area contributed by atoms with Gasteiger partial charge in [0, 0.05) is 18.0 Å². The molecule has 0 atom stereocenters. The van der Waals surface area contributed by atoms with Crippen LogP contribution in [0.1, 0.15) is 9.67 Å². The van der Waals surface area contributed by atoms with E-state index in [1.165, 1.54) is 18.4 Å². The van der Waals surface area contributed by atoms with E-state index >= 15 is 0 Å². The van der Waals surface area contributed by atoms with Gasteiger partial charge in [-0.1, -0.05) is 23.5 Å². The summed E-state index contributed by atoms with van der Waals surface area (Å²) in [6, 6.07) is 7.69. The first kappa shape index (κ1) is 12.7. The molecular weight excluding hydrogens is 276 g/mol. The van der Waals surface area contributed by atoms with Crippen LogP contribution in [-0.4, -0.2) is 29.6 Å². The number of rotatable bonds is 3. The summed E-state index contributed by atoms with van der Waals surface area (Å²) in [7, 11) is 3.00. The molecule has 0 fully saturated rings. The number of carbonyl (C=O) groups excluding carboxylic acids is 1. The Kier molecular flexibility index (Phi) is 3.15. The van der Waals surface area contributed by atoms with Crippen LogP contribution in [0.15, 0.2) is 36.7 Å². The van der Waals surface area contributed by atoms with Crippen molar-refractivity contribution in [2.24, 2.45) is 0 Å². The lowest BCUT2D eigenvalue weighted by molar-refractivity contribution is 0.0606. The molecule has 0 radical (unpaired) electrons. The van der Waals surface area contributed by atoms with Crippen molar-refractivity contribution in [2.45, 2.75) is 0 Å². The highest BCUT2D eigenvalue weighted by molar-refractivity contribution is 7.18. The first-order valence-corrected chi connectivity index (χ1v) is 6.75. The Labute approximate surface area is 119 Å². The van der Waals surface area contributed by atoms with Crippen molar-refractivity contribution < 1.29 is 14.3 Å². The number of carbonyl (C=O) groups is 1. The molecule has 0 amide bonds. The molecule has 0 unspecified atom stereocenters. The van der Waals surface area contributed by atoms with Gasteiger partial charge in [-0.3, -0.25) is 4.40 Å². The molecule has 0 spiro atoms. The molecule has 0 saturated carbocycles. The smallest absolute Gasteiger partial charge is 0.349 e. The highest BCUT2D eigenvalue weighted by Crippen LogP contribution is 2.30. The summed E-state index contributed by atoms with van der Waals surface area (Å²) in [5.74, 6) is 0.422. The molecule has 0 aliphatic rings. The first-order chi connectivity index (χ1) is 9.72. The summed E-state index contributed by atoms with van der Waals surface area (Å²) >= 11 is 1.30. The molecule has 2 aromatic heterocycles. The van der Waals surface area contributed by atoms with Crippen LogP contribution in [0.3, 0.4) is 0 Å². The summed E-state index contributed by atoms with van der Waals surface area (Å²) < 4.78 is 11.8. The van der Waals surface area contributed by atoms with Gasteiger partial charge in [0.05, 0.1) is 19.9 Å². The van der Waals surface area contributed by atoms with Crippen molar-refractivity contribution in [1.82, 2.24) is 9.38 Å². The van der Waals surface area contributed by atoms with Crippen molar-refractivity contribution >= 4 is 22.3 Å². The van der Waals surface area contributed by atoms with Gasteiger partial charge in [-0.25, -0.2) is 9.78 Å². The fraction of sp³-hybridized carbons (Fsp3) is 0.143. The van der Waals surface area contributed by atoms with E-state index in [4.69, 9.17) is 9.47 Å². The minimum absolute atomic E-state index is 0.348. The van der Waals surface area contributed by atoms with Gasteiger partial charge >= 0.3 is 5.97 Å². The second-order valence-corrected chi connectivity index (χ2v) is 5.11. The molecule has 3 aromatic rings. The van der Waals surface area contributed by atoms with Gasteiger partial charge in [0.2, 0.25) is 0 Å². The van der Waals surface area contributed by atoms with Gasteiger partial charge < -0.3 is 9.47 Å². The quantitative estimate of drug-likeness (QED) is 0.695. The molecule has 2 heterocycles. The van der Waals surface area contributed by atoms with E-state index in [2.05, 4.69) is 4.98 Å². The number of fused-ring (bicyclic) bond motifs is 1. The number of para-hydroxylation sites is 1. The zero-order chi connectivity index (χ0) is 14.1. The van der Waals surface area contributed by atoms with E-state index in [-0.39, 0.29) is 5.97 Å². The maximum absolute atomic E-state index is 11.5. The fourth-order valence-electron chi connectivity index (χ4n) is 1.98. The molecule has 0 aliphatic heterocycles. The molecule has 0 bridgehead atoms. The first-order valence-electron chi connectivity index (χ1n) is 5.93. The third-order valence-corrected chi connectivity index (χ3v) is 3.90. The van der Waals surface area contributed by atoms with Gasteiger partial charge in [-0.05, 0) is 12.1 Å². The van der Waals surface area contributed by atoms with Crippen LogP contribution >= 0.6 is 11.3 Å². The number of methoxy groups -OCH3 is 2. The topological polar surface area (TPSA) is 52.8 Å². The third kappa shape index (κ3) is 2.04. The average Bonchev–Trinajstić information content (AvgIpc) is 3.04. The summed E-state index contributed by atoms with van der Waals surface area (Å²) in [6.45, 7) is 0. The van der Waals surface area contributed by atoms with Crippen molar-refractivity contribution in [3.05, 3.63) is 41.5 Å². The van der Waals surface area contributed by atoms with E-state index in [0.29, 0.717) is 4.88 Å². The van der Waals surface area contributed by atoms with Crippen LogP contribution in [0.2, 0.25) is 0 Å². The predicted molar refractivity (Wildman–Crippen MR) is 76.4 cm³/mol. The SMILES string of the molecule is COC(=O)c1cn2cc(-c3ccccc3OC)nc2s1. The van der Waals surface area contributed by atoms with Crippen molar-refractivity contribution in [2.75, 3.05) is 14.2 Å². The maximum atomic E-state index is 11.5. The van der Waals surface area contributed by atoms with Crippen molar-refractivity contribution in [1.29, 1.82) is 0 Å². The molecule has 0 aliphatic carbocycles. The van der Waals surface area contributed by atoms with Crippen LogP contribution in [0.4, 0.5) is 0 Å². The van der Waals surface area contributed by atoms with Gasteiger partial charge in [-0.2, -0.15) is 0 Å². The van der Waals surface area contributed by atoms with Crippen LogP contribution in [-0.2, 0) is 4.74 Å². The van der Waals surface area contributed by atoms with Crippen molar-refractivity contribution in [3.63, 3.8) is 0 Å². The number of thiazole rings is 1. The third-order valence-electron chi connectivity index (χ3n) is 2.93. The van der Waals surface area contributed by atoms with Crippen LogP contribution in [0, 0.1) is 0 Å². The lowest BCUT2D eigenvalue weighted by atomic mass is 10.1. The lowest BCUT2D eigenvalue weighted by Crippen LogP contribution is -1.97. The largest absolute Gasteiger partial charge is 0.496 e. The van der Waals surface area contributed by atoms with E-state index in [1.807, 2.05) is 34.9 Å². The Morgan fingerprint density at radius 3 is 2.75 bits per heavy atom. The number of hydrogen-bond donors (Lipinski definition) is 0. The number of benzene rings is 1. The zero-order valence-corrected chi connectivity index (χ0v) is 11.8. The van der Waals surface area contributed by atoms with Gasteiger partial charge in [-0.15, -0.1) is 0 Å². The summed E-state index contributed by atoms with van der Waals surface area (Å²) in [5, 5.41) is 0. The summed E-state index contributed by atoms with van der Waals surface area (Å²) in [5.41, 5.74) is 1.73. The minimum Gasteiger partial charge on any atom is -0.496 e. The van der Waals surface area contributed by atoms with Crippen LogP contribution < -0.4 is 4.74 Å². The Bertz CT molecular complexity index is 744. The molecule has 5 nitrogen and oxygen atoms in total. The van der Waals surface area contributed by atoms with Gasteiger partial charge in [0.25, 0.3) is 0 Å². The number of imidazole rings is 1. The zero-order valence-electron chi connectivity index (χ0n) is 11.0. The molecule has 6 heteroatoms. The van der Waals surface area contributed by atoms with E-state index < -0.39 is 0 Å². The van der Waals surface area contributed by atoms with E-state index in [9.17, 15) is 4.79 Å². The molecule has 0 N–H and O–H groups in total. The Hall–Kier alpha value is -2.34. The molecule has 102 valence electrons. The van der Waals surface area contributed by atoms with Crippen LogP contribution in [0.5, 0.6) is 5.75 Å². The van der Waals surface area contributed by atoms with Gasteiger partial charge in [0.1, 0.15) is 10.6 Å². The molecular formula is C14H12N2O3S. The highest BCUT2D eigenvalue weighted by atomic mass is 32.1. The maximum Gasteiger partial charge on any atom is 0.349 e. The minimum atomic E-state index is -0.348. The second-order valence-electron chi connectivity index (χ2n) is 4.10. The highest BCUT2D eigenvalue weighted by Gasteiger charge is 2.14. The number of esters is 1. The Morgan fingerprint density at radius 2 is 2.05 bits per heavy atom. The predicted octanol–water partition coefficient (Wildman–Crippen LogP) is 2.86. The number of hydrogen-bond acceptors (Lipinski definition) is 5. The standard InChI is InChI=1S/C14H12N2O3S/c1-18-11-6-4-3-5-9(11)10-7-16-8-12(13(17)19-2)20-14(16)15-10/h3-8H,1-2H3. The Balaban J connectivity index is 2.06. The average molecular weight is 288 g/mol. The number of nitrogens with zero attached hydrogens (tertiary/aromatic N) is 2. The molecule has 3 rings (SSSR count). The number of aromatic nitrogens is 2. The van der Waals surface area contributed by atoms with E-state index in [0.717, 1.165) is 22.0 Å². The van der Waals surface area contributed by atoms with E-state index in [1.54, 1.807) is 13.3 Å². The van der Waals surface area contributed by atoms with Crippen molar-refractivity contribution in [3.8, 4) is 17.0 Å². The second kappa shape index (κ2) is 4.97. The summed E-state index contributed by atoms with van der Waals surface area (Å²) in [4.78, 5) is 17.3. The monoisotopic (exact) mass is 288 g/mol. The lowest BCUT2D eigenvalue weighted by Gasteiger charge is -2.04. The Morgan fingerprint density at radius 1 is 1.25 bits per heavy atom. The van der Waals surface area contributed by atoms with Gasteiger partial charge in [0.15, 0.2) is 4.96 Å². The molecule has 1 aromatic carbocycles.